The summed E-state index contributed by atoms with van der Waals surface area (Å²) in [7, 11) is -3.51. The average Bonchev–Trinajstić information content (AvgIpc) is 2.85. The van der Waals surface area contributed by atoms with Crippen LogP contribution in [0, 0.1) is 0 Å². The van der Waals surface area contributed by atoms with E-state index in [1.54, 1.807) is 16.4 Å². The van der Waals surface area contributed by atoms with Gasteiger partial charge in [0.15, 0.2) is 0 Å². The van der Waals surface area contributed by atoms with Gasteiger partial charge in [-0.05, 0) is 52.7 Å². The van der Waals surface area contributed by atoms with Crippen molar-refractivity contribution in [3.8, 4) is 0 Å². The SMILES string of the molecule is CC1CCCCN1S(=O)(=O)c1ccc(CNC(C)(C)C)o1. The lowest BCUT2D eigenvalue weighted by atomic mass is 10.1. The van der Waals surface area contributed by atoms with E-state index in [0.29, 0.717) is 18.8 Å². The Morgan fingerprint density at radius 1 is 1.33 bits per heavy atom. The summed E-state index contributed by atoms with van der Waals surface area (Å²) in [6.07, 6.45) is 2.92. The Kier molecular flexibility index (Phi) is 4.80. The predicted molar refractivity (Wildman–Crippen MR) is 82.5 cm³/mol. The average molecular weight is 314 g/mol. The summed E-state index contributed by atoms with van der Waals surface area (Å²) in [5.41, 5.74) is -0.0345. The fourth-order valence-electron chi connectivity index (χ4n) is 2.49. The van der Waals surface area contributed by atoms with Crippen LogP contribution in [0.1, 0.15) is 52.7 Å². The molecule has 21 heavy (non-hydrogen) atoms. The zero-order chi connectivity index (χ0) is 15.7. The zero-order valence-corrected chi connectivity index (χ0v) is 14.2. The van der Waals surface area contributed by atoms with E-state index < -0.39 is 10.0 Å². The van der Waals surface area contributed by atoms with Gasteiger partial charge in [-0.1, -0.05) is 6.42 Å². The first kappa shape index (κ1) is 16.5. The molecule has 1 aromatic rings. The van der Waals surface area contributed by atoms with Crippen LogP contribution in [0.2, 0.25) is 0 Å². The highest BCUT2D eigenvalue weighted by Crippen LogP contribution is 2.26. The quantitative estimate of drug-likeness (QED) is 0.928. The number of hydrogen-bond donors (Lipinski definition) is 1. The van der Waals surface area contributed by atoms with Crippen molar-refractivity contribution in [3.05, 3.63) is 17.9 Å². The summed E-state index contributed by atoms with van der Waals surface area (Å²) in [6, 6.07) is 3.35. The highest BCUT2D eigenvalue weighted by Gasteiger charge is 2.33. The predicted octanol–water partition coefficient (Wildman–Crippen LogP) is 2.73. The van der Waals surface area contributed by atoms with Gasteiger partial charge in [0, 0.05) is 18.1 Å². The molecule has 2 heterocycles. The van der Waals surface area contributed by atoms with Crippen molar-refractivity contribution >= 4 is 10.0 Å². The topological polar surface area (TPSA) is 62.6 Å². The third kappa shape index (κ3) is 4.08. The number of nitrogens with one attached hydrogen (secondary N) is 1. The molecule has 0 bridgehead atoms. The van der Waals surface area contributed by atoms with Gasteiger partial charge >= 0.3 is 0 Å². The van der Waals surface area contributed by atoms with Gasteiger partial charge in [0.05, 0.1) is 6.54 Å². The minimum Gasteiger partial charge on any atom is -0.447 e. The normalized spacial score (nSPS) is 21.6. The van der Waals surface area contributed by atoms with Crippen LogP contribution in [-0.2, 0) is 16.6 Å². The molecule has 5 nitrogen and oxygen atoms in total. The van der Waals surface area contributed by atoms with E-state index in [2.05, 4.69) is 26.1 Å². The maximum absolute atomic E-state index is 12.6. The number of hydrogen-bond acceptors (Lipinski definition) is 4. The second-order valence-corrected chi connectivity index (χ2v) is 8.61. The molecule has 1 unspecified atom stereocenters. The van der Waals surface area contributed by atoms with Gasteiger partial charge in [-0.15, -0.1) is 0 Å². The van der Waals surface area contributed by atoms with Crippen LogP contribution < -0.4 is 5.32 Å². The summed E-state index contributed by atoms with van der Waals surface area (Å²) in [5.74, 6) is 0.646. The Labute approximate surface area is 127 Å². The molecule has 1 aromatic heterocycles. The van der Waals surface area contributed by atoms with Crippen LogP contribution in [0.5, 0.6) is 0 Å². The molecule has 0 aliphatic carbocycles. The molecule has 120 valence electrons. The summed E-state index contributed by atoms with van der Waals surface area (Å²) in [6.45, 7) is 9.24. The first-order valence-corrected chi connectivity index (χ1v) is 9.00. The summed E-state index contributed by atoms with van der Waals surface area (Å²) in [5, 5.41) is 3.35. The number of rotatable bonds is 4. The van der Waals surface area contributed by atoms with Crippen molar-refractivity contribution in [2.75, 3.05) is 6.54 Å². The van der Waals surface area contributed by atoms with Crippen LogP contribution in [0.15, 0.2) is 21.6 Å². The number of sulfonamides is 1. The Morgan fingerprint density at radius 3 is 2.67 bits per heavy atom. The second-order valence-electron chi connectivity index (χ2n) is 6.78. The Hall–Kier alpha value is -0.850. The van der Waals surface area contributed by atoms with Gasteiger partial charge < -0.3 is 9.73 Å². The molecular weight excluding hydrogens is 288 g/mol. The van der Waals surface area contributed by atoms with Gasteiger partial charge in [0.2, 0.25) is 5.09 Å². The first-order valence-electron chi connectivity index (χ1n) is 7.56. The fraction of sp³-hybridized carbons (Fsp3) is 0.733. The van der Waals surface area contributed by atoms with E-state index in [1.807, 2.05) is 6.92 Å². The maximum Gasteiger partial charge on any atom is 0.276 e. The molecule has 6 heteroatoms. The minimum absolute atomic E-state index is 0.0345. The smallest absolute Gasteiger partial charge is 0.276 e. The van der Waals surface area contributed by atoms with E-state index >= 15 is 0 Å². The lowest BCUT2D eigenvalue weighted by Gasteiger charge is -2.31. The second kappa shape index (κ2) is 6.10. The highest BCUT2D eigenvalue weighted by molar-refractivity contribution is 7.89. The van der Waals surface area contributed by atoms with Gasteiger partial charge in [-0.3, -0.25) is 0 Å². The van der Waals surface area contributed by atoms with Crippen molar-refractivity contribution < 1.29 is 12.8 Å². The molecular formula is C15H26N2O3S. The van der Waals surface area contributed by atoms with Gasteiger partial charge in [0.1, 0.15) is 5.76 Å². The van der Waals surface area contributed by atoms with Crippen molar-refractivity contribution in [2.24, 2.45) is 0 Å². The van der Waals surface area contributed by atoms with Crippen molar-refractivity contribution in [1.29, 1.82) is 0 Å². The first-order chi connectivity index (χ1) is 9.70. The lowest BCUT2D eigenvalue weighted by molar-refractivity contribution is 0.260. The molecule has 0 saturated carbocycles. The number of furan rings is 1. The van der Waals surface area contributed by atoms with Crippen LogP contribution in [-0.4, -0.2) is 30.8 Å². The van der Waals surface area contributed by atoms with Crippen molar-refractivity contribution in [3.63, 3.8) is 0 Å². The molecule has 1 aliphatic rings. The minimum atomic E-state index is -3.51. The standard InChI is InChI=1S/C15H26N2O3S/c1-12-7-5-6-10-17(12)21(18,19)14-9-8-13(20-14)11-16-15(2,3)4/h8-9,12,16H,5-7,10-11H2,1-4H3. The molecule has 1 atom stereocenters. The highest BCUT2D eigenvalue weighted by atomic mass is 32.2. The van der Waals surface area contributed by atoms with Crippen LogP contribution in [0.4, 0.5) is 0 Å². The number of nitrogens with zero attached hydrogens (tertiary/aromatic N) is 1. The zero-order valence-electron chi connectivity index (χ0n) is 13.3. The van der Waals surface area contributed by atoms with E-state index in [4.69, 9.17) is 4.42 Å². The largest absolute Gasteiger partial charge is 0.447 e. The van der Waals surface area contributed by atoms with E-state index in [1.165, 1.54) is 0 Å². The van der Waals surface area contributed by atoms with Gasteiger partial charge in [-0.25, -0.2) is 8.42 Å². The van der Waals surface area contributed by atoms with Crippen LogP contribution in [0.25, 0.3) is 0 Å². The molecule has 0 radical (unpaired) electrons. The Balaban J connectivity index is 2.12. The van der Waals surface area contributed by atoms with Gasteiger partial charge in [-0.2, -0.15) is 4.31 Å². The van der Waals surface area contributed by atoms with Crippen LogP contribution in [0.3, 0.4) is 0 Å². The lowest BCUT2D eigenvalue weighted by Crippen LogP contribution is -2.41. The van der Waals surface area contributed by atoms with E-state index in [0.717, 1.165) is 19.3 Å². The van der Waals surface area contributed by atoms with Crippen LogP contribution >= 0.6 is 0 Å². The molecule has 1 N–H and O–H groups in total. The molecule has 1 aliphatic heterocycles. The third-order valence-electron chi connectivity index (χ3n) is 3.73. The molecule has 1 fully saturated rings. The van der Waals surface area contributed by atoms with Crippen molar-refractivity contribution in [1.82, 2.24) is 9.62 Å². The maximum atomic E-state index is 12.6. The van der Waals surface area contributed by atoms with E-state index in [9.17, 15) is 8.42 Å². The van der Waals surface area contributed by atoms with Crippen molar-refractivity contribution in [2.45, 2.75) is 70.2 Å². The summed E-state index contributed by atoms with van der Waals surface area (Å²) >= 11 is 0. The fourth-order valence-corrected chi connectivity index (χ4v) is 4.12. The summed E-state index contributed by atoms with van der Waals surface area (Å²) in [4.78, 5) is 0. The summed E-state index contributed by atoms with van der Waals surface area (Å²) < 4.78 is 32.4. The monoisotopic (exact) mass is 314 g/mol. The molecule has 1 saturated heterocycles. The van der Waals surface area contributed by atoms with Gasteiger partial charge in [0.25, 0.3) is 10.0 Å². The Bertz CT molecular complexity index is 572. The molecule has 0 amide bonds. The number of piperidine rings is 1. The third-order valence-corrected chi connectivity index (χ3v) is 5.62. The Morgan fingerprint density at radius 2 is 2.05 bits per heavy atom. The van der Waals surface area contributed by atoms with E-state index in [-0.39, 0.29) is 16.7 Å². The molecule has 2 rings (SSSR count). The molecule has 0 aromatic carbocycles. The molecule has 0 spiro atoms.